The number of anilines is 1. The predicted molar refractivity (Wildman–Crippen MR) is 148 cm³/mol. The molecule has 38 heavy (non-hydrogen) atoms. The van der Waals surface area contributed by atoms with E-state index in [0.717, 1.165) is 47.4 Å². The number of hydrogen-bond acceptors (Lipinski definition) is 6. The Labute approximate surface area is 226 Å². The summed E-state index contributed by atoms with van der Waals surface area (Å²) < 4.78 is 37.6. The van der Waals surface area contributed by atoms with Gasteiger partial charge in [0.15, 0.2) is 0 Å². The number of ether oxygens (including phenoxy) is 2. The van der Waals surface area contributed by atoms with Crippen LogP contribution in [0.15, 0.2) is 42.5 Å². The lowest BCUT2D eigenvalue weighted by Crippen LogP contribution is -2.53. The van der Waals surface area contributed by atoms with E-state index in [1.165, 1.54) is 12.0 Å². The fourth-order valence-electron chi connectivity index (χ4n) is 4.84. The maximum absolute atomic E-state index is 13.9. The van der Waals surface area contributed by atoms with Gasteiger partial charge in [0.05, 0.1) is 26.2 Å². The third kappa shape index (κ3) is 7.40. The maximum Gasteiger partial charge on any atom is 0.244 e. The van der Waals surface area contributed by atoms with E-state index in [9.17, 15) is 18.0 Å². The summed E-state index contributed by atoms with van der Waals surface area (Å²) >= 11 is 0. The van der Waals surface area contributed by atoms with Gasteiger partial charge in [-0.1, -0.05) is 38.0 Å². The lowest BCUT2D eigenvalue weighted by molar-refractivity contribution is -0.140. The molecule has 1 atom stereocenters. The highest BCUT2D eigenvalue weighted by Crippen LogP contribution is 2.31. The van der Waals surface area contributed by atoms with Gasteiger partial charge >= 0.3 is 0 Å². The standard InChI is InChI=1S/C28H39N3O6S/c1-6-24(28(33)29-22-11-7-8-12-22)30(18-21-10-9-13-23(17-21)36-3)27(32)19-31(38(5,34)35)25-16-20(2)14-15-26(25)37-4/h9-10,13-17,22,24H,6-8,11-12,18-19H2,1-5H3,(H,29,33)/t24-/m0/s1. The molecular weight excluding hydrogens is 506 g/mol. The van der Waals surface area contributed by atoms with Crippen molar-refractivity contribution in [2.45, 2.75) is 64.6 Å². The van der Waals surface area contributed by atoms with Crippen LogP contribution in [0.4, 0.5) is 5.69 Å². The number of aryl methyl sites for hydroxylation is 1. The van der Waals surface area contributed by atoms with Gasteiger partial charge in [-0.05, 0) is 61.6 Å². The summed E-state index contributed by atoms with van der Waals surface area (Å²) in [6, 6.07) is 11.7. The zero-order chi connectivity index (χ0) is 27.9. The molecule has 9 nitrogen and oxygen atoms in total. The van der Waals surface area contributed by atoms with Crippen molar-refractivity contribution in [1.82, 2.24) is 10.2 Å². The molecule has 3 rings (SSSR count). The summed E-state index contributed by atoms with van der Waals surface area (Å²) in [5, 5.41) is 3.11. The zero-order valence-corrected chi connectivity index (χ0v) is 23.7. The average Bonchev–Trinajstić information content (AvgIpc) is 3.39. The van der Waals surface area contributed by atoms with Crippen molar-refractivity contribution in [2.75, 3.05) is 31.3 Å². The van der Waals surface area contributed by atoms with Crippen LogP contribution in [0.2, 0.25) is 0 Å². The Kier molecular flexibility index (Phi) is 10.0. The average molecular weight is 546 g/mol. The molecule has 1 fully saturated rings. The summed E-state index contributed by atoms with van der Waals surface area (Å²) in [7, 11) is -0.854. The van der Waals surface area contributed by atoms with Gasteiger partial charge in [0.25, 0.3) is 0 Å². The fourth-order valence-corrected chi connectivity index (χ4v) is 5.69. The van der Waals surface area contributed by atoms with Gasteiger partial charge in [-0.3, -0.25) is 13.9 Å². The van der Waals surface area contributed by atoms with Gasteiger partial charge in [-0.2, -0.15) is 0 Å². The van der Waals surface area contributed by atoms with Crippen LogP contribution in [0.3, 0.4) is 0 Å². The SMILES string of the molecule is CC[C@@H](C(=O)NC1CCCC1)N(Cc1cccc(OC)c1)C(=O)CN(c1cc(C)ccc1OC)S(C)(=O)=O. The normalized spacial score (nSPS) is 14.6. The Morgan fingerprint density at radius 2 is 1.79 bits per heavy atom. The molecule has 2 amide bonds. The predicted octanol–water partition coefficient (Wildman–Crippen LogP) is 3.64. The second-order valence-corrected chi connectivity index (χ2v) is 11.6. The van der Waals surface area contributed by atoms with Crippen LogP contribution in [-0.4, -0.2) is 64.2 Å². The van der Waals surface area contributed by atoms with Gasteiger partial charge in [-0.25, -0.2) is 8.42 Å². The number of carbonyl (C=O) groups excluding carboxylic acids is 2. The number of nitrogens with one attached hydrogen (secondary N) is 1. The molecule has 0 bridgehead atoms. The molecule has 1 saturated carbocycles. The number of hydrogen-bond donors (Lipinski definition) is 1. The molecule has 0 unspecified atom stereocenters. The highest BCUT2D eigenvalue weighted by molar-refractivity contribution is 7.92. The molecule has 2 aromatic carbocycles. The topological polar surface area (TPSA) is 105 Å². The number of benzene rings is 2. The van der Waals surface area contributed by atoms with Crippen molar-refractivity contribution in [3.05, 3.63) is 53.6 Å². The van der Waals surface area contributed by atoms with Crippen LogP contribution in [0, 0.1) is 6.92 Å². The van der Waals surface area contributed by atoms with Crippen LogP contribution in [0.25, 0.3) is 0 Å². The van der Waals surface area contributed by atoms with Crippen molar-refractivity contribution in [3.8, 4) is 11.5 Å². The van der Waals surface area contributed by atoms with Crippen LogP contribution in [0.5, 0.6) is 11.5 Å². The van der Waals surface area contributed by atoms with Crippen molar-refractivity contribution in [3.63, 3.8) is 0 Å². The molecule has 0 aliphatic heterocycles. The van der Waals surface area contributed by atoms with E-state index >= 15 is 0 Å². The third-order valence-electron chi connectivity index (χ3n) is 6.86. The minimum Gasteiger partial charge on any atom is -0.497 e. The summed E-state index contributed by atoms with van der Waals surface area (Å²) in [6.07, 6.45) is 5.40. The minimum absolute atomic E-state index is 0.0920. The van der Waals surface area contributed by atoms with Gasteiger partial charge in [0.2, 0.25) is 21.8 Å². The number of sulfonamides is 1. The number of rotatable bonds is 12. The minimum atomic E-state index is -3.87. The Balaban J connectivity index is 1.98. The van der Waals surface area contributed by atoms with Crippen molar-refractivity contribution < 1.29 is 27.5 Å². The van der Waals surface area contributed by atoms with Gasteiger partial charge < -0.3 is 19.7 Å². The molecule has 0 aromatic heterocycles. The molecule has 0 spiro atoms. The van der Waals surface area contributed by atoms with E-state index in [-0.39, 0.29) is 24.2 Å². The van der Waals surface area contributed by atoms with Crippen molar-refractivity contribution in [2.24, 2.45) is 0 Å². The second kappa shape index (κ2) is 13.0. The Morgan fingerprint density at radius 1 is 1.08 bits per heavy atom. The van der Waals surface area contributed by atoms with E-state index in [1.54, 1.807) is 37.4 Å². The quantitative estimate of drug-likeness (QED) is 0.437. The first-order valence-electron chi connectivity index (χ1n) is 12.9. The Morgan fingerprint density at radius 3 is 2.39 bits per heavy atom. The monoisotopic (exact) mass is 545 g/mol. The molecule has 0 saturated heterocycles. The van der Waals surface area contributed by atoms with E-state index < -0.39 is 28.5 Å². The molecule has 1 aliphatic rings. The second-order valence-electron chi connectivity index (χ2n) is 9.73. The molecule has 2 aromatic rings. The highest BCUT2D eigenvalue weighted by Gasteiger charge is 2.33. The molecule has 1 aliphatic carbocycles. The number of amides is 2. The summed E-state index contributed by atoms with van der Waals surface area (Å²) in [4.78, 5) is 28.8. The molecule has 0 radical (unpaired) electrons. The van der Waals surface area contributed by atoms with Gasteiger partial charge in [-0.15, -0.1) is 0 Å². The summed E-state index contributed by atoms with van der Waals surface area (Å²) in [5.74, 6) is 0.240. The number of nitrogens with zero attached hydrogens (tertiary/aromatic N) is 2. The van der Waals surface area contributed by atoms with E-state index in [4.69, 9.17) is 9.47 Å². The smallest absolute Gasteiger partial charge is 0.244 e. The van der Waals surface area contributed by atoms with Crippen LogP contribution < -0.4 is 19.1 Å². The number of carbonyl (C=O) groups is 2. The van der Waals surface area contributed by atoms with Crippen molar-refractivity contribution >= 4 is 27.5 Å². The number of methoxy groups -OCH3 is 2. The first-order valence-corrected chi connectivity index (χ1v) is 14.8. The fraction of sp³-hybridized carbons (Fsp3) is 0.500. The highest BCUT2D eigenvalue weighted by atomic mass is 32.2. The van der Waals surface area contributed by atoms with E-state index in [0.29, 0.717) is 17.9 Å². The largest absolute Gasteiger partial charge is 0.497 e. The molecular formula is C28H39N3O6S. The van der Waals surface area contributed by atoms with Gasteiger partial charge in [0, 0.05) is 12.6 Å². The van der Waals surface area contributed by atoms with Crippen LogP contribution >= 0.6 is 0 Å². The lowest BCUT2D eigenvalue weighted by atomic mass is 10.1. The van der Waals surface area contributed by atoms with Gasteiger partial charge in [0.1, 0.15) is 24.1 Å². The Bertz CT molecular complexity index is 1230. The van der Waals surface area contributed by atoms with E-state index in [1.807, 2.05) is 26.0 Å². The first kappa shape index (κ1) is 29.3. The molecule has 0 heterocycles. The summed E-state index contributed by atoms with van der Waals surface area (Å²) in [5.41, 5.74) is 1.86. The van der Waals surface area contributed by atoms with Crippen molar-refractivity contribution in [1.29, 1.82) is 0 Å². The van der Waals surface area contributed by atoms with E-state index in [2.05, 4.69) is 5.32 Å². The Hall–Kier alpha value is -3.27. The van der Waals surface area contributed by atoms with Crippen LogP contribution in [-0.2, 0) is 26.2 Å². The zero-order valence-electron chi connectivity index (χ0n) is 22.9. The summed E-state index contributed by atoms with van der Waals surface area (Å²) in [6.45, 7) is 3.33. The maximum atomic E-state index is 13.9. The molecule has 208 valence electrons. The molecule has 10 heteroatoms. The third-order valence-corrected chi connectivity index (χ3v) is 7.98. The van der Waals surface area contributed by atoms with Crippen LogP contribution in [0.1, 0.15) is 50.2 Å². The first-order chi connectivity index (χ1) is 18.1. The molecule has 1 N–H and O–H groups in total. The lowest BCUT2D eigenvalue weighted by Gasteiger charge is -2.33.